The summed E-state index contributed by atoms with van der Waals surface area (Å²) in [4.78, 5) is 31.0. The molecule has 2 rings (SSSR count). The average molecular weight is 334 g/mol. The molecule has 0 spiro atoms. The summed E-state index contributed by atoms with van der Waals surface area (Å²) in [5.74, 6) is -0.374. The van der Waals surface area contributed by atoms with E-state index in [0.29, 0.717) is 24.8 Å². The predicted molar refractivity (Wildman–Crippen MR) is 83.8 cm³/mol. The highest BCUT2D eigenvalue weighted by molar-refractivity contribution is 5.88. The van der Waals surface area contributed by atoms with Gasteiger partial charge in [0.05, 0.1) is 31.2 Å². The van der Waals surface area contributed by atoms with Crippen molar-refractivity contribution in [3.05, 3.63) is 30.4 Å². The van der Waals surface area contributed by atoms with Crippen LogP contribution in [0.25, 0.3) is 0 Å². The Balaban J connectivity index is 1.89. The van der Waals surface area contributed by atoms with Crippen molar-refractivity contribution >= 4 is 23.5 Å². The molecule has 2 N–H and O–H groups in total. The monoisotopic (exact) mass is 334 g/mol. The maximum absolute atomic E-state index is 11.7. The van der Waals surface area contributed by atoms with E-state index in [-0.39, 0.29) is 18.0 Å². The van der Waals surface area contributed by atoms with Crippen LogP contribution in [0.3, 0.4) is 0 Å². The van der Waals surface area contributed by atoms with Gasteiger partial charge in [0.25, 0.3) is 0 Å². The normalized spacial score (nSPS) is 10.2. The second-order valence-corrected chi connectivity index (χ2v) is 4.68. The summed E-state index contributed by atoms with van der Waals surface area (Å²) in [6.45, 7) is 0.992. The first-order chi connectivity index (χ1) is 11.6. The van der Waals surface area contributed by atoms with Crippen molar-refractivity contribution in [2.45, 2.75) is 6.54 Å². The van der Waals surface area contributed by atoms with Gasteiger partial charge in [-0.2, -0.15) is 5.10 Å². The van der Waals surface area contributed by atoms with E-state index in [1.807, 2.05) is 0 Å². The predicted octanol–water partition coefficient (Wildman–Crippen LogP) is -0.0341. The lowest BCUT2D eigenvalue weighted by Crippen LogP contribution is -2.30. The maximum Gasteiger partial charge on any atom is 0.341 e. The lowest BCUT2D eigenvalue weighted by molar-refractivity contribution is -0.122. The van der Waals surface area contributed by atoms with Crippen molar-refractivity contribution in [2.24, 2.45) is 0 Å². The van der Waals surface area contributed by atoms with Crippen LogP contribution in [-0.2, 0) is 20.8 Å². The maximum atomic E-state index is 11.7. The number of anilines is 2. The quantitative estimate of drug-likeness (QED) is 0.510. The van der Waals surface area contributed by atoms with Crippen molar-refractivity contribution in [1.82, 2.24) is 25.1 Å². The van der Waals surface area contributed by atoms with E-state index >= 15 is 0 Å². The number of rotatable bonds is 8. The Morgan fingerprint density at radius 3 is 2.62 bits per heavy atom. The molecule has 0 aliphatic heterocycles. The van der Waals surface area contributed by atoms with Gasteiger partial charge in [-0.15, -0.1) is 0 Å². The molecule has 2 heterocycles. The summed E-state index contributed by atoms with van der Waals surface area (Å²) in [6, 6.07) is 0. The van der Waals surface area contributed by atoms with Crippen LogP contribution in [0, 0.1) is 0 Å². The van der Waals surface area contributed by atoms with Crippen LogP contribution in [0.1, 0.15) is 10.4 Å². The number of carbonyl (C=O) groups excluding carboxylic acids is 2. The average Bonchev–Trinajstić information content (AvgIpc) is 3.02. The topological polar surface area (TPSA) is 120 Å². The van der Waals surface area contributed by atoms with E-state index in [4.69, 9.17) is 4.74 Å². The Hall–Kier alpha value is -3.01. The molecule has 0 aliphatic carbocycles. The van der Waals surface area contributed by atoms with Gasteiger partial charge in [-0.1, -0.05) is 0 Å². The van der Waals surface area contributed by atoms with E-state index in [0.717, 1.165) is 0 Å². The molecule has 0 aliphatic rings. The molecular weight excluding hydrogens is 316 g/mol. The van der Waals surface area contributed by atoms with Crippen LogP contribution in [0.5, 0.6) is 0 Å². The molecule has 0 aromatic carbocycles. The highest BCUT2D eigenvalue weighted by atomic mass is 16.5. The first-order valence-corrected chi connectivity index (χ1v) is 7.08. The third-order valence-corrected chi connectivity index (χ3v) is 2.90. The standard InChI is InChI=1S/C14H18N6O4/c1-23-4-3-15-12(21)9-20-8-11(7-18-20)19-14-16-5-10(6-17-14)13(22)24-2/h5-8H,3-4,9H2,1-2H3,(H,15,21)(H,16,17,19). The fourth-order valence-corrected chi connectivity index (χ4v) is 1.76. The molecule has 0 saturated carbocycles. The number of esters is 1. The number of aromatic nitrogens is 4. The fourth-order valence-electron chi connectivity index (χ4n) is 1.76. The number of ether oxygens (including phenoxy) is 2. The molecule has 1 amide bonds. The number of methoxy groups -OCH3 is 2. The lowest BCUT2D eigenvalue weighted by Gasteiger charge is -2.04. The summed E-state index contributed by atoms with van der Waals surface area (Å²) in [6.07, 6.45) is 5.90. The third kappa shape index (κ3) is 5.02. The molecule has 0 bridgehead atoms. The van der Waals surface area contributed by atoms with Gasteiger partial charge in [0, 0.05) is 32.2 Å². The Labute approximate surface area is 138 Å². The van der Waals surface area contributed by atoms with Gasteiger partial charge in [-0.25, -0.2) is 14.8 Å². The molecule has 24 heavy (non-hydrogen) atoms. The van der Waals surface area contributed by atoms with Crippen LogP contribution >= 0.6 is 0 Å². The zero-order valence-electron chi connectivity index (χ0n) is 13.4. The SMILES string of the molecule is COCCNC(=O)Cn1cc(Nc2ncc(C(=O)OC)cn2)cn1. The molecule has 0 radical (unpaired) electrons. The minimum Gasteiger partial charge on any atom is -0.465 e. The smallest absolute Gasteiger partial charge is 0.341 e. The van der Waals surface area contributed by atoms with Crippen LogP contribution in [-0.4, -0.2) is 59.0 Å². The van der Waals surface area contributed by atoms with Crippen molar-refractivity contribution in [2.75, 3.05) is 32.7 Å². The lowest BCUT2D eigenvalue weighted by atomic mass is 10.3. The van der Waals surface area contributed by atoms with Crippen LogP contribution < -0.4 is 10.6 Å². The number of amides is 1. The first-order valence-electron chi connectivity index (χ1n) is 7.08. The van der Waals surface area contributed by atoms with Crippen molar-refractivity contribution in [3.63, 3.8) is 0 Å². The largest absolute Gasteiger partial charge is 0.465 e. The summed E-state index contributed by atoms with van der Waals surface area (Å²) in [7, 11) is 2.85. The molecule has 2 aromatic heterocycles. The van der Waals surface area contributed by atoms with Crippen LogP contribution in [0.4, 0.5) is 11.6 Å². The van der Waals surface area contributed by atoms with E-state index in [1.165, 1.54) is 24.2 Å². The van der Waals surface area contributed by atoms with E-state index in [9.17, 15) is 9.59 Å². The number of nitrogens with zero attached hydrogens (tertiary/aromatic N) is 4. The third-order valence-electron chi connectivity index (χ3n) is 2.90. The van der Waals surface area contributed by atoms with E-state index in [1.54, 1.807) is 19.5 Å². The molecule has 10 nitrogen and oxygen atoms in total. The zero-order chi connectivity index (χ0) is 17.4. The Morgan fingerprint density at radius 1 is 1.21 bits per heavy atom. The van der Waals surface area contributed by atoms with Gasteiger partial charge in [0.2, 0.25) is 11.9 Å². The summed E-state index contributed by atoms with van der Waals surface area (Å²) >= 11 is 0. The van der Waals surface area contributed by atoms with E-state index < -0.39 is 5.97 Å². The molecule has 0 fully saturated rings. The molecule has 2 aromatic rings. The van der Waals surface area contributed by atoms with Gasteiger partial charge < -0.3 is 20.1 Å². The van der Waals surface area contributed by atoms with Gasteiger partial charge in [-0.05, 0) is 0 Å². The fraction of sp³-hybridized carbons (Fsp3) is 0.357. The van der Waals surface area contributed by atoms with Gasteiger partial charge >= 0.3 is 5.97 Å². The molecule has 10 heteroatoms. The summed E-state index contributed by atoms with van der Waals surface area (Å²) < 4.78 is 10.9. The zero-order valence-corrected chi connectivity index (χ0v) is 13.4. The highest BCUT2D eigenvalue weighted by Crippen LogP contribution is 2.11. The highest BCUT2D eigenvalue weighted by Gasteiger charge is 2.08. The minimum atomic E-state index is -0.506. The molecular formula is C14H18N6O4. The minimum absolute atomic E-state index is 0.0908. The number of hydrogen-bond acceptors (Lipinski definition) is 8. The summed E-state index contributed by atoms with van der Waals surface area (Å²) in [5.41, 5.74) is 0.872. The second kappa shape index (κ2) is 8.58. The Morgan fingerprint density at radius 2 is 1.96 bits per heavy atom. The molecule has 0 unspecified atom stereocenters. The van der Waals surface area contributed by atoms with Crippen LogP contribution in [0.15, 0.2) is 24.8 Å². The van der Waals surface area contributed by atoms with Crippen molar-refractivity contribution in [1.29, 1.82) is 0 Å². The van der Waals surface area contributed by atoms with Gasteiger partial charge in [0.1, 0.15) is 6.54 Å². The second-order valence-electron chi connectivity index (χ2n) is 4.68. The van der Waals surface area contributed by atoms with Crippen molar-refractivity contribution < 1.29 is 19.1 Å². The Bertz CT molecular complexity index is 685. The summed E-state index contributed by atoms with van der Waals surface area (Å²) in [5, 5.41) is 9.70. The molecule has 128 valence electrons. The first kappa shape index (κ1) is 17.3. The number of carbonyl (C=O) groups is 2. The molecule has 0 atom stereocenters. The van der Waals surface area contributed by atoms with Crippen LogP contribution in [0.2, 0.25) is 0 Å². The van der Waals surface area contributed by atoms with Gasteiger partial charge in [-0.3, -0.25) is 9.48 Å². The number of hydrogen-bond donors (Lipinski definition) is 2. The van der Waals surface area contributed by atoms with Crippen molar-refractivity contribution in [3.8, 4) is 0 Å². The van der Waals surface area contributed by atoms with Gasteiger partial charge in [0.15, 0.2) is 0 Å². The number of nitrogens with one attached hydrogen (secondary N) is 2. The van der Waals surface area contributed by atoms with E-state index in [2.05, 4.69) is 30.4 Å². The molecule has 0 saturated heterocycles. The Kier molecular flexibility index (Phi) is 6.20.